The summed E-state index contributed by atoms with van der Waals surface area (Å²) in [6.45, 7) is 1.28. The molecule has 0 heterocycles. The number of hydrogen-bond donors (Lipinski definition) is 7. The van der Waals surface area contributed by atoms with Crippen LogP contribution >= 0.6 is 24.4 Å². The fourth-order valence-electron chi connectivity index (χ4n) is 1.92. The Morgan fingerprint density at radius 3 is 2.04 bits per heavy atom. The molecule has 4 amide bonds. The molecule has 0 saturated heterocycles. The highest BCUT2D eigenvalue weighted by atomic mass is 32.2. The van der Waals surface area contributed by atoms with Crippen LogP contribution in [0.2, 0.25) is 0 Å². The summed E-state index contributed by atoms with van der Waals surface area (Å²) >= 11 is 5.31. The molecule has 0 saturated carbocycles. The fraction of sp³-hybridized carbons (Fsp3) is 0.667. The van der Waals surface area contributed by atoms with Crippen molar-refractivity contribution in [1.29, 1.82) is 0 Å². The topological polar surface area (TPSA) is 194 Å². The van der Waals surface area contributed by atoms with E-state index in [-0.39, 0.29) is 12.2 Å². The van der Waals surface area contributed by atoms with Gasteiger partial charge in [-0.1, -0.05) is 0 Å². The molecule has 0 radical (unpaired) electrons. The predicted molar refractivity (Wildman–Crippen MR) is 108 cm³/mol. The summed E-state index contributed by atoms with van der Waals surface area (Å²) < 4.78 is 0. The molecule has 0 aromatic carbocycles. The number of thiol groups is 1. The van der Waals surface area contributed by atoms with E-state index < -0.39 is 60.2 Å². The summed E-state index contributed by atoms with van der Waals surface area (Å²) in [5.74, 6) is -3.79. The third-order valence-electron chi connectivity index (χ3n) is 3.54. The lowest BCUT2D eigenvalue weighted by atomic mass is 10.1. The second kappa shape index (κ2) is 13.2. The first-order valence-electron chi connectivity index (χ1n) is 8.31. The molecule has 4 atom stereocenters. The lowest BCUT2D eigenvalue weighted by Crippen LogP contribution is -2.57. The Balaban J connectivity index is 5.26. The SMILES string of the molecule is CSCCC(NC(=O)C(CC(N)=O)NC(=O)C(N)CS)C(=O)NC(C)C(=O)O. The molecule has 4 unspecified atom stereocenters. The van der Waals surface area contributed by atoms with Crippen molar-refractivity contribution < 1.29 is 29.1 Å². The quantitative estimate of drug-likeness (QED) is 0.153. The molecule has 28 heavy (non-hydrogen) atoms. The highest BCUT2D eigenvalue weighted by Crippen LogP contribution is 2.04. The molecule has 0 bridgehead atoms. The van der Waals surface area contributed by atoms with Crippen LogP contribution in [-0.2, 0) is 24.0 Å². The van der Waals surface area contributed by atoms with Crippen molar-refractivity contribution in [3.8, 4) is 0 Å². The molecule has 160 valence electrons. The van der Waals surface area contributed by atoms with Crippen molar-refractivity contribution in [2.24, 2.45) is 11.5 Å². The zero-order chi connectivity index (χ0) is 21.9. The van der Waals surface area contributed by atoms with E-state index in [0.29, 0.717) is 5.75 Å². The molecule has 0 fully saturated rings. The van der Waals surface area contributed by atoms with Gasteiger partial charge in [-0.25, -0.2) is 0 Å². The van der Waals surface area contributed by atoms with Crippen LogP contribution < -0.4 is 27.4 Å². The molecule has 0 aromatic heterocycles. The number of carbonyl (C=O) groups is 5. The van der Waals surface area contributed by atoms with Gasteiger partial charge in [0.05, 0.1) is 12.5 Å². The third kappa shape index (κ3) is 9.80. The maximum absolute atomic E-state index is 12.5. The van der Waals surface area contributed by atoms with E-state index in [4.69, 9.17) is 16.6 Å². The normalized spacial score (nSPS) is 14.9. The lowest BCUT2D eigenvalue weighted by Gasteiger charge is -2.24. The number of nitrogens with one attached hydrogen (secondary N) is 3. The third-order valence-corrected chi connectivity index (χ3v) is 4.58. The molecule has 0 aliphatic carbocycles. The van der Waals surface area contributed by atoms with Crippen LogP contribution in [0.4, 0.5) is 0 Å². The van der Waals surface area contributed by atoms with Gasteiger partial charge in [0.2, 0.25) is 23.6 Å². The summed E-state index contributed by atoms with van der Waals surface area (Å²) in [5.41, 5.74) is 10.7. The van der Waals surface area contributed by atoms with Crippen molar-refractivity contribution in [3.63, 3.8) is 0 Å². The summed E-state index contributed by atoms with van der Waals surface area (Å²) in [6, 6.07) is -4.56. The van der Waals surface area contributed by atoms with Crippen LogP contribution in [0, 0.1) is 0 Å². The molecule has 0 aliphatic rings. The minimum absolute atomic E-state index is 0.0164. The summed E-state index contributed by atoms with van der Waals surface area (Å²) in [4.78, 5) is 58.9. The number of carboxylic acid groups (broad SMARTS) is 1. The minimum atomic E-state index is -1.34. The molecule has 8 N–H and O–H groups in total. The average molecular weight is 438 g/mol. The van der Waals surface area contributed by atoms with Crippen molar-refractivity contribution in [2.75, 3.05) is 17.8 Å². The van der Waals surface area contributed by atoms with Crippen LogP contribution in [0.25, 0.3) is 0 Å². The molecule has 13 heteroatoms. The van der Waals surface area contributed by atoms with Gasteiger partial charge in [0.1, 0.15) is 18.1 Å². The Morgan fingerprint density at radius 1 is 1.04 bits per heavy atom. The number of primary amides is 1. The lowest BCUT2D eigenvalue weighted by molar-refractivity contribution is -0.142. The first-order valence-corrected chi connectivity index (χ1v) is 10.3. The maximum atomic E-state index is 12.5. The number of hydrogen-bond acceptors (Lipinski definition) is 8. The average Bonchev–Trinajstić information content (AvgIpc) is 2.62. The molecular weight excluding hydrogens is 410 g/mol. The van der Waals surface area contributed by atoms with Gasteiger partial charge in [-0.3, -0.25) is 24.0 Å². The number of carboxylic acids is 1. The zero-order valence-corrected chi connectivity index (χ0v) is 17.3. The van der Waals surface area contributed by atoms with Crippen molar-refractivity contribution in [2.45, 2.75) is 43.9 Å². The van der Waals surface area contributed by atoms with Gasteiger partial charge in [-0.05, 0) is 25.4 Å². The summed E-state index contributed by atoms with van der Waals surface area (Å²) in [6.07, 6.45) is 1.50. The van der Waals surface area contributed by atoms with E-state index in [2.05, 4.69) is 28.6 Å². The van der Waals surface area contributed by atoms with E-state index in [1.165, 1.54) is 18.7 Å². The van der Waals surface area contributed by atoms with Gasteiger partial charge in [0.15, 0.2) is 0 Å². The van der Waals surface area contributed by atoms with Crippen molar-refractivity contribution >= 4 is 54.0 Å². The molecule has 11 nitrogen and oxygen atoms in total. The van der Waals surface area contributed by atoms with Crippen LogP contribution in [0.15, 0.2) is 0 Å². The highest BCUT2D eigenvalue weighted by molar-refractivity contribution is 7.98. The van der Waals surface area contributed by atoms with Crippen LogP contribution in [0.5, 0.6) is 0 Å². The first-order chi connectivity index (χ1) is 13.0. The zero-order valence-electron chi connectivity index (χ0n) is 15.6. The van der Waals surface area contributed by atoms with Gasteiger partial charge in [0.25, 0.3) is 0 Å². The van der Waals surface area contributed by atoms with Crippen LogP contribution in [-0.4, -0.2) is 76.6 Å². The Labute approximate surface area is 172 Å². The Morgan fingerprint density at radius 2 is 1.57 bits per heavy atom. The molecular formula is C15H27N5O6S2. The number of nitrogens with two attached hydrogens (primary N) is 2. The second-order valence-corrected chi connectivity index (χ2v) is 7.28. The molecule has 0 aliphatic heterocycles. The highest BCUT2D eigenvalue weighted by Gasteiger charge is 2.29. The number of aliphatic carboxylic acids is 1. The van der Waals surface area contributed by atoms with Gasteiger partial charge in [-0.2, -0.15) is 24.4 Å². The largest absolute Gasteiger partial charge is 0.480 e. The molecule has 0 rings (SSSR count). The second-order valence-electron chi connectivity index (χ2n) is 5.93. The van der Waals surface area contributed by atoms with Gasteiger partial charge in [-0.15, -0.1) is 0 Å². The number of carbonyl (C=O) groups excluding carboxylic acids is 4. The molecule has 0 spiro atoms. The predicted octanol–water partition coefficient (Wildman–Crippen LogP) is -2.57. The standard InChI is InChI=1S/C15H27N5O6S2/c1-7(15(25)26)18-13(23)9(3-4-28-2)19-14(24)10(5-11(17)21)20-12(22)8(16)6-27/h7-10,27H,3-6,16H2,1-2H3,(H2,17,21)(H,18,23)(H,19,24)(H,20,22)(H,25,26). The summed E-state index contributed by atoms with van der Waals surface area (Å²) in [5, 5.41) is 15.9. The Bertz CT molecular complexity index is 591. The van der Waals surface area contributed by atoms with Crippen LogP contribution in [0.3, 0.4) is 0 Å². The van der Waals surface area contributed by atoms with E-state index in [1.54, 1.807) is 6.26 Å². The summed E-state index contributed by atoms with van der Waals surface area (Å²) in [7, 11) is 0. The number of thioether (sulfide) groups is 1. The maximum Gasteiger partial charge on any atom is 0.325 e. The Kier molecular flexibility index (Phi) is 12.3. The monoisotopic (exact) mass is 437 g/mol. The van der Waals surface area contributed by atoms with E-state index >= 15 is 0 Å². The molecule has 0 aromatic rings. The Hall–Kier alpha value is -1.99. The van der Waals surface area contributed by atoms with E-state index in [1.807, 2.05) is 0 Å². The van der Waals surface area contributed by atoms with Crippen LogP contribution in [0.1, 0.15) is 19.8 Å². The first kappa shape index (κ1) is 26.0. The van der Waals surface area contributed by atoms with E-state index in [9.17, 15) is 24.0 Å². The van der Waals surface area contributed by atoms with Gasteiger partial charge < -0.3 is 32.5 Å². The van der Waals surface area contributed by atoms with Gasteiger partial charge in [0, 0.05) is 5.75 Å². The van der Waals surface area contributed by atoms with Crippen molar-refractivity contribution in [1.82, 2.24) is 16.0 Å². The minimum Gasteiger partial charge on any atom is -0.480 e. The number of rotatable bonds is 13. The van der Waals surface area contributed by atoms with E-state index in [0.717, 1.165) is 0 Å². The number of amides is 4. The smallest absolute Gasteiger partial charge is 0.325 e. The van der Waals surface area contributed by atoms with Gasteiger partial charge >= 0.3 is 5.97 Å². The van der Waals surface area contributed by atoms with Crippen molar-refractivity contribution in [3.05, 3.63) is 0 Å². The fourth-order valence-corrected chi connectivity index (χ4v) is 2.56.